The molecule has 0 atom stereocenters. The van der Waals surface area contributed by atoms with Crippen molar-refractivity contribution in [2.45, 2.75) is 13.0 Å². The van der Waals surface area contributed by atoms with Crippen molar-refractivity contribution in [1.82, 2.24) is 18.8 Å². The molecule has 9 heteroatoms. The Kier molecular flexibility index (Phi) is 4.17. The predicted molar refractivity (Wildman–Crippen MR) is 68.1 cm³/mol. The molecule has 19 heavy (non-hydrogen) atoms. The van der Waals surface area contributed by atoms with Crippen LogP contribution in [0.1, 0.15) is 6.42 Å². The number of imidazole rings is 1. The molecule has 2 heterocycles. The van der Waals surface area contributed by atoms with Gasteiger partial charge in [0.15, 0.2) is 0 Å². The minimum Gasteiger partial charge on any atom is -0.340 e. The number of nitrogens with two attached hydrogens (primary N) is 1. The van der Waals surface area contributed by atoms with Gasteiger partial charge in [-0.2, -0.15) is 12.7 Å². The Balaban J connectivity index is 1.79. The summed E-state index contributed by atoms with van der Waals surface area (Å²) < 4.78 is 25.3. The van der Waals surface area contributed by atoms with E-state index in [0.717, 1.165) is 0 Å². The standard InChI is InChI=1S/C10H17N5O3S/c11-19(17,18)15-7-5-14(6-8-15)10(16)1-3-13-4-2-12-9-13/h2,4,9H,1,3,5-8H2,(H2,11,17,18). The average molecular weight is 287 g/mol. The van der Waals surface area contributed by atoms with Crippen LogP contribution in [-0.2, 0) is 21.5 Å². The van der Waals surface area contributed by atoms with Crippen LogP contribution in [-0.4, -0.2) is 59.3 Å². The van der Waals surface area contributed by atoms with Crippen molar-refractivity contribution >= 4 is 16.1 Å². The summed E-state index contributed by atoms with van der Waals surface area (Å²) in [6.45, 7) is 1.87. The third-order valence-electron chi connectivity index (χ3n) is 3.09. The molecule has 1 aliphatic heterocycles. The largest absolute Gasteiger partial charge is 0.340 e. The summed E-state index contributed by atoms with van der Waals surface area (Å²) in [6.07, 6.45) is 5.50. The number of carbonyl (C=O) groups excluding carboxylic acids is 1. The minimum absolute atomic E-state index is 0.0165. The Morgan fingerprint density at radius 1 is 1.26 bits per heavy atom. The first kappa shape index (κ1) is 14.0. The highest BCUT2D eigenvalue weighted by molar-refractivity contribution is 7.86. The third kappa shape index (κ3) is 3.75. The lowest BCUT2D eigenvalue weighted by Gasteiger charge is -2.33. The van der Waals surface area contributed by atoms with Crippen LogP contribution in [0.2, 0.25) is 0 Å². The van der Waals surface area contributed by atoms with Crippen molar-refractivity contribution in [2.24, 2.45) is 5.14 Å². The molecule has 0 radical (unpaired) electrons. The number of hydrogen-bond acceptors (Lipinski definition) is 4. The van der Waals surface area contributed by atoms with E-state index in [1.807, 2.05) is 4.57 Å². The van der Waals surface area contributed by atoms with E-state index in [-0.39, 0.29) is 19.0 Å². The first-order valence-electron chi connectivity index (χ1n) is 5.98. The molecule has 0 spiro atoms. The highest BCUT2D eigenvalue weighted by Crippen LogP contribution is 2.06. The first-order valence-corrected chi connectivity index (χ1v) is 7.48. The van der Waals surface area contributed by atoms with Crippen LogP contribution in [0, 0.1) is 0 Å². The van der Waals surface area contributed by atoms with Crippen LogP contribution in [0.3, 0.4) is 0 Å². The molecule has 106 valence electrons. The molecule has 1 aliphatic rings. The smallest absolute Gasteiger partial charge is 0.277 e. The van der Waals surface area contributed by atoms with Gasteiger partial charge in [0.25, 0.3) is 10.2 Å². The first-order chi connectivity index (χ1) is 8.97. The van der Waals surface area contributed by atoms with Gasteiger partial charge in [0.2, 0.25) is 5.91 Å². The Bertz CT molecular complexity index is 519. The summed E-state index contributed by atoms with van der Waals surface area (Å²) in [5, 5.41) is 5.04. The quantitative estimate of drug-likeness (QED) is 0.737. The topological polar surface area (TPSA) is 102 Å². The van der Waals surface area contributed by atoms with Crippen LogP contribution >= 0.6 is 0 Å². The second-order valence-corrected chi connectivity index (χ2v) is 5.92. The van der Waals surface area contributed by atoms with Crippen molar-refractivity contribution in [3.63, 3.8) is 0 Å². The Hall–Kier alpha value is -1.45. The SMILES string of the molecule is NS(=O)(=O)N1CCN(C(=O)CCn2ccnc2)CC1. The van der Waals surface area contributed by atoms with Crippen molar-refractivity contribution in [3.8, 4) is 0 Å². The zero-order valence-electron chi connectivity index (χ0n) is 10.5. The molecule has 2 N–H and O–H groups in total. The molecule has 0 aromatic carbocycles. The molecule has 8 nitrogen and oxygen atoms in total. The van der Waals surface area contributed by atoms with E-state index in [9.17, 15) is 13.2 Å². The van der Waals surface area contributed by atoms with Gasteiger partial charge in [-0.15, -0.1) is 0 Å². The molecule has 2 rings (SSSR count). The molecule has 1 fully saturated rings. The predicted octanol–water partition coefficient (Wildman–Crippen LogP) is -1.38. The number of amides is 1. The maximum Gasteiger partial charge on any atom is 0.277 e. The fraction of sp³-hybridized carbons (Fsp3) is 0.600. The number of piperazine rings is 1. The zero-order chi connectivity index (χ0) is 13.9. The van der Waals surface area contributed by atoms with E-state index >= 15 is 0 Å². The van der Waals surface area contributed by atoms with E-state index in [0.29, 0.717) is 26.1 Å². The van der Waals surface area contributed by atoms with Gasteiger partial charge in [-0.3, -0.25) is 4.79 Å². The van der Waals surface area contributed by atoms with Gasteiger partial charge in [-0.05, 0) is 0 Å². The lowest BCUT2D eigenvalue weighted by molar-refractivity contribution is -0.132. The molecule has 1 saturated heterocycles. The van der Waals surface area contributed by atoms with Gasteiger partial charge in [0.1, 0.15) is 0 Å². The maximum atomic E-state index is 11.9. The van der Waals surface area contributed by atoms with Crippen LogP contribution in [0.4, 0.5) is 0 Å². The molecular weight excluding hydrogens is 270 g/mol. The number of carbonyl (C=O) groups is 1. The summed E-state index contributed by atoms with van der Waals surface area (Å²) in [5.74, 6) is 0.0165. The molecule has 0 aliphatic carbocycles. The lowest BCUT2D eigenvalue weighted by Crippen LogP contribution is -2.52. The minimum atomic E-state index is -3.64. The average Bonchev–Trinajstić information content (AvgIpc) is 2.88. The highest BCUT2D eigenvalue weighted by Gasteiger charge is 2.26. The molecule has 0 saturated carbocycles. The van der Waals surface area contributed by atoms with Crippen molar-refractivity contribution in [1.29, 1.82) is 0 Å². The molecule has 1 amide bonds. The molecule has 0 unspecified atom stereocenters. The summed E-state index contributed by atoms with van der Waals surface area (Å²) in [7, 11) is -3.64. The van der Waals surface area contributed by atoms with Crippen molar-refractivity contribution < 1.29 is 13.2 Å². The Labute approximate surface area is 112 Å². The summed E-state index contributed by atoms with van der Waals surface area (Å²) in [5.41, 5.74) is 0. The maximum absolute atomic E-state index is 11.9. The highest BCUT2D eigenvalue weighted by atomic mass is 32.2. The second kappa shape index (κ2) is 5.68. The number of aromatic nitrogens is 2. The van der Waals surface area contributed by atoms with Gasteiger partial charge in [0, 0.05) is 51.5 Å². The number of rotatable bonds is 4. The van der Waals surface area contributed by atoms with Crippen molar-refractivity contribution in [2.75, 3.05) is 26.2 Å². The zero-order valence-corrected chi connectivity index (χ0v) is 11.3. The van der Waals surface area contributed by atoms with Gasteiger partial charge in [-0.25, -0.2) is 10.1 Å². The van der Waals surface area contributed by atoms with Crippen LogP contribution in [0.15, 0.2) is 18.7 Å². The second-order valence-electron chi connectivity index (χ2n) is 4.38. The van der Waals surface area contributed by atoms with Crippen LogP contribution in [0.25, 0.3) is 0 Å². The fourth-order valence-electron chi connectivity index (χ4n) is 1.99. The van der Waals surface area contributed by atoms with E-state index in [1.54, 1.807) is 23.6 Å². The van der Waals surface area contributed by atoms with E-state index in [1.165, 1.54) is 4.31 Å². The summed E-state index contributed by atoms with van der Waals surface area (Å²) in [6, 6.07) is 0. The van der Waals surface area contributed by atoms with Crippen LogP contribution < -0.4 is 5.14 Å². The van der Waals surface area contributed by atoms with Gasteiger partial charge in [-0.1, -0.05) is 0 Å². The number of hydrogen-bond donors (Lipinski definition) is 1. The van der Waals surface area contributed by atoms with Gasteiger partial charge < -0.3 is 9.47 Å². The van der Waals surface area contributed by atoms with Gasteiger partial charge in [0.05, 0.1) is 6.33 Å². The molecule has 0 bridgehead atoms. The van der Waals surface area contributed by atoms with Gasteiger partial charge >= 0.3 is 0 Å². The van der Waals surface area contributed by atoms with E-state index in [4.69, 9.17) is 5.14 Å². The number of nitrogens with zero attached hydrogens (tertiary/aromatic N) is 4. The van der Waals surface area contributed by atoms with E-state index in [2.05, 4.69) is 4.98 Å². The number of aryl methyl sites for hydroxylation is 1. The monoisotopic (exact) mass is 287 g/mol. The van der Waals surface area contributed by atoms with Crippen LogP contribution in [0.5, 0.6) is 0 Å². The normalized spacial score (nSPS) is 17.6. The third-order valence-corrected chi connectivity index (χ3v) is 4.18. The van der Waals surface area contributed by atoms with Crippen molar-refractivity contribution in [3.05, 3.63) is 18.7 Å². The summed E-state index contributed by atoms with van der Waals surface area (Å²) in [4.78, 5) is 17.5. The molecular formula is C10H17N5O3S. The Morgan fingerprint density at radius 2 is 1.95 bits per heavy atom. The lowest BCUT2D eigenvalue weighted by atomic mass is 10.3. The fourth-order valence-corrected chi connectivity index (χ4v) is 2.67. The molecule has 1 aromatic heterocycles. The Morgan fingerprint density at radius 3 is 2.47 bits per heavy atom. The van der Waals surface area contributed by atoms with E-state index < -0.39 is 10.2 Å². The summed E-state index contributed by atoms with van der Waals surface area (Å²) >= 11 is 0. The molecule has 1 aromatic rings.